The van der Waals surface area contributed by atoms with E-state index < -0.39 is 0 Å². The highest BCUT2D eigenvalue weighted by molar-refractivity contribution is 9.10. The fourth-order valence-corrected chi connectivity index (χ4v) is 2.55. The SMILES string of the molecule is O=C(COc1cccc(Cl)c1)NN=Cc1cc2c(cc1Br)OCO2. The molecule has 1 amide bonds. The average molecular weight is 412 g/mol. The number of hydrogen-bond donors (Lipinski definition) is 1. The van der Waals surface area contributed by atoms with Gasteiger partial charge in [-0.3, -0.25) is 4.79 Å². The number of carbonyl (C=O) groups excluding carboxylic acids is 1. The summed E-state index contributed by atoms with van der Waals surface area (Å²) >= 11 is 9.25. The molecule has 1 aliphatic rings. The topological polar surface area (TPSA) is 69.2 Å². The Kier molecular flexibility index (Phi) is 5.22. The van der Waals surface area contributed by atoms with E-state index in [0.29, 0.717) is 22.3 Å². The molecule has 0 aromatic heterocycles. The van der Waals surface area contributed by atoms with Crippen LogP contribution in [0.1, 0.15) is 5.56 Å². The highest BCUT2D eigenvalue weighted by Gasteiger charge is 2.15. The normalized spacial score (nSPS) is 12.4. The number of ether oxygens (including phenoxy) is 3. The highest BCUT2D eigenvalue weighted by atomic mass is 79.9. The quantitative estimate of drug-likeness (QED) is 0.605. The lowest BCUT2D eigenvalue weighted by Crippen LogP contribution is -2.24. The van der Waals surface area contributed by atoms with Crippen LogP contribution in [0.25, 0.3) is 0 Å². The first-order chi connectivity index (χ1) is 11.6. The molecule has 0 unspecified atom stereocenters. The van der Waals surface area contributed by atoms with Gasteiger partial charge in [-0.2, -0.15) is 5.10 Å². The molecule has 0 fully saturated rings. The predicted octanol–water partition coefficient (Wildman–Crippen LogP) is 3.36. The molecule has 0 saturated heterocycles. The fourth-order valence-electron chi connectivity index (χ4n) is 1.94. The summed E-state index contributed by atoms with van der Waals surface area (Å²) in [6, 6.07) is 10.4. The number of carbonyl (C=O) groups is 1. The Balaban J connectivity index is 1.53. The third kappa shape index (κ3) is 4.18. The van der Waals surface area contributed by atoms with Crippen molar-refractivity contribution in [2.45, 2.75) is 0 Å². The molecule has 0 bridgehead atoms. The first-order valence-electron chi connectivity index (χ1n) is 6.91. The van der Waals surface area contributed by atoms with Crippen molar-refractivity contribution in [3.8, 4) is 17.2 Å². The summed E-state index contributed by atoms with van der Waals surface area (Å²) in [6.45, 7) is 0.0277. The number of fused-ring (bicyclic) bond motifs is 1. The minimum absolute atomic E-state index is 0.167. The maximum atomic E-state index is 11.7. The van der Waals surface area contributed by atoms with Gasteiger partial charge in [-0.15, -0.1) is 0 Å². The average Bonchev–Trinajstić information content (AvgIpc) is 3.00. The van der Waals surface area contributed by atoms with E-state index in [1.54, 1.807) is 36.4 Å². The van der Waals surface area contributed by atoms with Crippen LogP contribution in [0.2, 0.25) is 5.02 Å². The van der Waals surface area contributed by atoms with Gasteiger partial charge < -0.3 is 14.2 Å². The maximum Gasteiger partial charge on any atom is 0.277 e. The Labute approximate surface area is 151 Å². The first kappa shape index (κ1) is 16.6. The molecule has 1 heterocycles. The van der Waals surface area contributed by atoms with E-state index in [9.17, 15) is 4.79 Å². The second kappa shape index (κ2) is 7.55. The lowest BCUT2D eigenvalue weighted by molar-refractivity contribution is -0.123. The van der Waals surface area contributed by atoms with Crippen molar-refractivity contribution in [2.24, 2.45) is 5.10 Å². The van der Waals surface area contributed by atoms with Crippen LogP contribution < -0.4 is 19.6 Å². The van der Waals surface area contributed by atoms with Gasteiger partial charge >= 0.3 is 0 Å². The molecule has 2 aromatic rings. The lowest BCUT2D eigenvalue weighted by Gasteiger charge is -2.05. The van der Waals surface area contributed by atoms with Gasteiger partial charge in [-0.25, -0.2) is 5.43 Å². The van der Waals surface area contributed by atoms with Gasteiger partial charge in [-0.05, 0) is 46.3 Å². The molecule has 124 valence electrons. The minimum Gasteiger partial charge on any atom is -0.484 e. The maximum absolute atomic E-state index is 11.7. The molecule has 2 aromatic carbocycles. The van der Waals surface area contributed by atoms with Crippen molar-refractivity contribution < 1.29 is 19.0 Å². The second-order valence-corrected chi connectivity index (χ2v) is 6.06. The molecule has 8 heteroatoms. The van der Waals surface area contributed by atoms with E-state index in [2.05, 4.69) is 26.5 Å². The smallest absolute Gasteiger partial charge is 0.277 e. The molecule has 0 saturated carbocycles. The van der Waals surface area contributed by atoms with Gasteiger partial charge in [-0.1, -0.05) is 17.7 Å². The number of hydrogen-bond acceptors (Lipinski definition) is 5. The van der Waals surface area contributed by atoms with Gasteiger partial charge in [0.25, 0.3) is 5.91 Å². The number of benzene rings is 2. The number of halogens is 2. The van der Waals surface area contributed by atoms with Gasteiger partial charge in [0, 0.05) is 15.1 Å². The third-order valence-electron chi connectivity index (χ3n) is 3.05. The Morgan fingerprint density at radius 3 is 2.92 bits per heavy atom. The van der Waals surface area contributed by atoms with Crippen LogP contribution in [0, 0.1) is 0 Å². The summed E-state index contributed by atoms with van der Waals surface area (Å²) in [5.41, 5.74) is 3.14. The largest absolute Gasteiger partial charge is 0.484 e. The van der Waals surface area contributed by atoms with Gasteiger partial charge in [0.2, 0.25) is 6.79 Å². The standard InChI is InChI=1S/C16H12BrClN2O4/c17-13-6-15-14(23-9-24-15)4-10(13)7-19-20-16(21)8-22-12-3-1-2-11(18)5-12/h1-7H,8-9H2,(H,20,21). The van der Waals surface area contributed by atoms with Crippen LogP contribution >= 0.6 is 27.5 Å². The lowest BCUT2D eigenvalue weighted by atomic mass is 10.2. The van der Waals surface area contributed by atoms with Crippen LogP contribution in [0.5, 0.6) is 17.2 Å². The minimum atomic E-state index is -0.386. The van der Waals surface area contributed by atoms with E-state index in [1.165, 1.54) is 6.21 Å². The summed E-state index contributed by atoms with van der Waals surface area (Å²) in [5, 5.41) is 4.44. The molecular weight excluding hydrogens is 400 g/mol. The second-order valence-electron chi connectivity index (χ2n) is 4.77. The van der Waals surface area contributed by atoms with Crippen LogP contribution in [-0.4, -0.2) is 25.5 Å². The van der Waals surface area contributed by atoms with E-state index >= 15 is 0 Å². The van der Waals surface area contributed by atoms with Crippen molar-refractivity contribution in [2.75, 3.05) is 13.4 Å². The number of amides is 1. The van der Waals surface area contributed by atoms with Crippen molar-refractivity contribution >= 4 is 39.7 Å². The zero-order chi connectivity index (χ0) is 16.9. The Morgan fingerprint density at radius 2 is 2.12 bits per heavy atom. The Hall–Kier alpha value is -2.25. The predicted molar refractivity (Wildman–Crippen MR) is 92.9 cm³/mol. The molecule has 0 spiro atoms. The monoisotopic (exact) mass is 410 g/mol. The fraction of sp³-hybridized carbons (Fsp3) is 0.125. The molecule has 1 aliphatic heterocycles. The zero-order valence-corrected chi connectivity index (χ0v) is 14.6. The third-order valence-corrected chi connectivity index (χ3v) is 3.97. The summed E-state index contributed by atoms with van der Waals surface area (Å²) in [6.07, 6.45) is 1.50. The van der Waals surface area contributed by atoms with Crippen LogP contribution in [0.4, 0.5) is 0 Å². The van der Waals surface area contributed by atoms with E-state index in [0.717, 1.165) is 10.0 Å². The summed E-state index contributed by atoms with van der Waals surface area (Å²) < 4.78 is 16.7. The van der Waals surface area contributed by atoms with Gasteiger partial charge in [0.05, 0.1) is 6.21 Å². The van der Waals surface area contributed by atoms with E-state index in [1.807, 2.05) is 0 Å². The van der Waals surface area contributed by atoms with Crippen molar-refractivity contribution in [1.82, 2.24) is 5.43 Å². The molecule has 0 radical (unpaired) electrons. The van der Waals surface area contributed by atoms with Crippen molar-refractivity contribution in [3.05, 3.63) is 51.5 Å². The molecule has 3 rings (SSSR count). The molecular formula is C16H12BrClN2O4. The van der Waals surface area contributed by atoms with Crippen LogP contribution in [-0.2, 0) is 4.79 Å². The number of rotatable bonds is 5. The molecule has 6 nitrogen and oxygen atoms in total. The summed E-state index contributed by atoms with van der Waals surface area (Å²) in [5.74, 6) is 1.43. The number of nitrogens with zero attached hydrogens (tertiary/aromatic N) is 1. The molecule has 1 N–H and O–H groups in total. The van der Waals surface area contributed by atoms with Crippen LogP contribution in [0.15, 0.2) is 46.0 Å². The Morgan fingerprint density at radius 1 is 1.33 bits per heavy atom. The van der Waals surface area contributed by atoms with Gasteiger partial charge in [0.15, 0.2) is 18.1 Å². The van der Waals surface area contributed by atoms with Crippen molar-refractivity contribution in [1.29, 1.82) is 0 Å². The number of nitrogens with one attached hydrogen (secondary N) is 1. The van der Waals surface area contributed by atoms with E-state index in [-0.39, 0.29) is 19.3 Å². The summed E-state index contributed by atoms with van der Waals surface area (Å²) in [4.78, 5) is 11.7. The van der Waals surface area contributed by atoms with Gasteiger partial charge in [0.1, 0.15) is 5.75 Å². The van der Waals surface area contributed by atoms with Crippen LogP contribution in [0.3, 0.4) is 0 Å². The first-order valence-corrected chi connectivity index (χ1v) is 8.08. The molecule has 0 atom stereocenters. The molecule has 0 aliphatic carbocycles. The summed E-state index contributed by atoms with van der Waals surface area (Å²) in [7, 11) is 0. The zero-order valence-electron chi connectivity index (χ0n) is 12.3. The van der Waals surface area contributed by atoms with E-state index in [4.69, 9.17) is 25.8 Å². The Bertz CT molecular complexity index is 798. The molecule has 24 heavy (non-hydrogen) atoms. The highest BCUT2D eigenvalue weighted by Crippen LogP contribution is 2.36. The number of hydrazone groups is 1. The van der Waals surface area contributed by atoms with Crippen molar-refractivity contribution in [3.63, 3.8) is 0 Å².